The molecule has 10 aromatic rings. The van der Waals surface area contributed by atoms with Crippen LogP contribution in [0.25, 0.3) is 79.0 Å². The number of benzene rings is 3. The number of aromatic nitrogens is 11. The number of pyridine rings is 3. The maximum atomic E-state index is 13.4. The lowest BCUT2D eigenvalue weighted by Crippen LogP contribution is -2.28. The fourth-order valence-corrected chi connectivity index (χ4v) is 9.17. The first-order valence-corrected chi connectivity index (χ1v) is 27.5. The lowest BCUT2D eigenvalue weighted by Gasteiger charge is -2.13. The molecule has 3 N–H and O–H groups in total. The summed E-state index contributed by atoms with van der Waals surface area (Å²) in [5.74, 6) is 2.18. The standard InChI is InChI=1S/C22H20F3N5O.C17H19N5O.C17H16N4.3O2S/c1-4-13-10-14(18-28-20(31-29-18)21(7-8-21)22(23,24)25)11-26-17(13)19-27-15-9-12(2)5-6-16(15)30(19)3;1-4-11-8-12(16(18)21-23)9-19-15(11)17-20-13-7-10(2)5-6-14(13)22(17)3;1-4-13-8-12(9-18)10-19-16(13)17-20-14-7-11(2)5-6-15(14)21(17)3;3*1-3-2/h5-6,9-11H,4,7-8H2,1-3H3;5-9,23H,4H2,1-3H3,(H2,18,21);5-8,10H,4H2,1-3H3;;;. The number of rotatable bonds is 9. The van der Waals surface area contributed by atoms with Crippen LogP contribution in [-0.4, -0.2) is 96.2 Å². The first-order chi connectivity index (χ1) is 40.2. The number of imidazole rings is 3. The van der Waals surface area contributed by atoms with Gasteiger partial charge in [-0.2, -0.15) is 48.7 Å². The van der Waals surface area contributed by atoms with Crippen LogP contribution in [0, 0.1) is 32.1 Å². The molecule has 0 saturated heterocycles. The Morgan fingerprint density at radius 3 is 1.42 bits per heavy atom. The molecule has 0 bridgehead atoms. The summed E-state index contributed by atoms with van der Waals surface area (Å²) >= 11 is -2.25. The maximum absolute atomic E-state index is 13.4. The molecular formula is C56H55F3N14O8S3. The molecule has 22 nitrogen and oxygen atoms in total. The van der Waals surface area contributed by atoms with E-state index in [1.54, 1.807) is 18.6 Å². The van der Waals surface area contributed by atoms with Crippen LogP contribution >= 0.6 is 0 Å². The van der Waals surface area contributed by atoms with Crippen molar-refractivity contribution in [3.05, 3.63) is 142 Å². The van der Waals surface area contributed by atoms with Crippen LogP contribution in [0.1, 0.15) is 84.0 Å². The molecule has 7 aromatic heterocycles. The second-order valence-electron chi connectivity index (χ2n) is 19.0. The third-order valence-electron chi connectivity index (χ3n) is 13.7. The van der Waals surface area contributed by atoms with E-state index in [0.29, 0.717) is 23.1 Å². The fourth-order valence-electron chi connectivity index (χ4n) is 9.17. The smallest absolute Gasteiger partial charge is 0.403 e. The summed E-state index contributed by atoms with van der Waals surface area (Å²) < 4.78 is 101. The summed E-state index contributed by atoms with van der Waals surface area (Å²) in [4.78, 5) is 31.8. The summed E-state index contributed by atoms with van der Waals surface area (Å²) in [5, 5.41) is 24.7. The molecule has 436 valence electrons. The van der Waals surface area contributed by atoms with Gasteiger partial charge in [0, 0.05) is 50.9 Å². The summed E-state index contributed by atoms with van der Waals surface area (Å²) in [5.41, 5.74) is 20.2. The average molecular weight is 1210 g/mol. The van der Waals surface area contributed by atoms with Crippen LogP contribution < -0.4 is 5.73 Å². The monoisotopic (exact) mass is 1200 g/mol. The van der Waals surface area contributed by atoms with E-state index in [9.17, 15) is 13.2 Å². The Labute approximate surface area is 489 Å². The molecule has 0 atom stereocenters. The molecule has 0 aliphatic heterocycles. The quantitative estimate of drug-likeness (QED) is 0.0588. The maximum Gasteiger partial charge on any atom is 0.403 e. The van der Waals surface area contributed by atoms with Crippen molar-refractivity contribution in [3.8, 4) is 52.0 Å². The van der Waals surface area contributed by atoms with Gasteiger partial charge in [0.05, 0.1) is 38.7 Å². The number of halogens is 3. The molecule has 1 fully saturated rings. The number of nitriles is 1. The van der Waals surface area contributed by atoms with Gasteiger partial charge < -0.3 is 29.2 Å². The fraction of sp³-hybridized carbons (Fsp3) is 0.286. The van der Waals surface area contributed by atoms with Gasteiger partial charge >= 0.3 is 40.9 Å². The third kappa shape index (κ3) is 13.9. The Morgan fingerprint density at radius 1 is 0.643 bits per heavy atom. The molecule has 28 heteroatoms. The van der Waals surface area contributed by atoms with Crippen molar-refractivity contribution in [1.82, 2.24) is 53.7 Å². The topological polar surface area (TPSA) is 316 Å². The van der Waals surface area contributed by atoms with E-state index in [0.717, 1.165) is 103 Å². The van der Waals surface area contributed by atoms with Gasteiger partial charge in [-0.1, -0.05) is 49.3 Å². The predicted octanol–water partition coefficient (Wildman–Crippen LogP) is 9.12. The zero-order valence-corrected chi connectivity index (χ0v) is 49.2. The van der Waals surface area contributed by atoms with Crippen molar-refractivity contribution in [1.29, 1.82) is 5.26 Å². The SMILES string of the molecule is CCc1cc(-c2noc(C3(C(F)(F)F)CC3)n2)cnc1-c1nc2cc(C)ccc2n1C.CCc1cc(/C(N)=N/O)cnc1-c1nc2cc(C)ccc2n1C.CCc1cc(C#N)cnc1-c1nc2cc(C)ccc2n1C.O=S=O.O=S=O.O=S=O. The number of nitrogens with two attached hydrogens (primary N) is 1. The Bertz CT molecular complexity index is 4200. The van der Waals surface area contributed by atoms with E-state index < -0.39 is 46.3 Å². The highest BCUT2D eigenvalue weighted by molar-refractivity contribution is 7.52. The molecule has 0 amide bonds. The Kier molecular flexibility index (Phi) is 21.4. The van der Waals surface area contributed by atoms with Gasteiger partial charge in [-0.15, -0.1) is 0 Å². The number of alkyl halides is 3. The number of nitrogens with zero attached hydrogens (tertiary/aromatic N) is 13. The van der Waals surface area contributed by atoms with Gasteiger partial charge in [0.2, 0.25) is 11.7 Å². The molecule has 11 rings (SSSR count). The van der Waals surface area contributed by atoms with E-state index in [1.165, 1.54) is 11.1 Å². The molecule has 7 heterocycles. The number of hydrogen-bond acceptors (Lipinski definition) is 18. The van der Waals surface area contributed by atoms with E-state index in [4.69, 9.17) is 60.9 Å². The van der Waals surface area contributed by atoms with E-state index in [1.807, 2.05) is 87.4 Å². The first kappa shape index (κ1) is 63.8. The van der Waals surface area contributed by atoms with Gasteiger partial charge in [0.15, 0.2) is 23.3 Å². The van der Waals surface area contributed by atoms with Crippen LogP contribution in [0.4, 0.5) is 13.2 Å². The van der Waals surface area contributed by atoms with Gasteiger partial charge in [0.1, 0.15) is 28.6 Å². The van der Waals surface area contributed by atoms with Gasteiger partial charge in [-0.25, -0.2) is 15.0 Å². The zero-order valence-electron chi connectivity index (χ0n) is 46.8. The van der Waals surface area contributed by atoms with Crippen molar-refractivity contribution < 1.29 is 48.2 Å². The van der Waals surface area contributed by atoms with Crippen molar-refractivity contribution in [2.45, 2.75) is 85.2 Å². The predicted molar refractivity (Wildman–Crippen MR) is 308 cm³/mol. The number of aryl methyl sites for hydroxylation is 9. The number of hydrogen-bond donors (Lipinski definition) is 2. The van der Waals surface area contributed by atoms with E-state index >= 15 is 0 Å². The molecule has 0 spiro atoms. The number of amidine groups is 1. The minimum absolute atomic E-state index is 0.0261. The molecule has 0 unspecified atom stereocenters. The normalized spacial score (nSPS) is 12.2. The second kappa shape index (κ2) is 28.1. The van der Waals surface area contributed by atoms with E-state index in [-0.39, 0.29) is 30.4 Å². The molecule has 84 heavy (non-hydrogen) atoms. The van der Waals surface area contributed by atoms with E-state index in [2.05, 4.69) is 98.1 Å². The zero-order chi connectivity index (χ0) is 61.6. The second-order valence-corrected chi connectivity index (χ2v) is 19.4. The number of fused-ring (bicyclic) bond motifs is 3. The molecule has 1 aliphatic rings. The lowest BCUT2D eigenvalue weighted by atomic mass is 10.1. The number of oxime groups is 1. The van der Waals surface area contributed by atoms with Crippen LogP contribution in [0.3, 0.4) is 0 Å². The summed E-state index contributed by atoms with van der Waals surface area (Å²) in [6.07, 6.45) is 2.58. The van der Waals surface area contributed by atoms with Crippen molar-refractivity contribution in [2.24, 2.45) is 32.0 Å². The molecule has 1 saturated carbocycles. The molecule has 3 aromatic carbocycles. The van der Waals surface area contributed by atoms with Crippen LogP contribution in [0.2, 0.25) is 0 Å². The van der Waals surface area contributed by atoms with Crippen molar-refractivity contribution >= 4 is 73.6 Å². The minimum atomic E-state index is -4.40. The Hall–Kier alpha value is -9.33. The molecular weight excluding hydrogens is 1150 g/mol. The summed E-state index contributed by atoms with van der Waals surface area (Å²) in [7, 11) is 5.92. The van der Waals surface area contributed by atoms with Crippen LogP contribution in [0.5, 0.6) is 0 Å². The van der Waals surface area contributed by atoms with Gasteiger partial charge in [-0.05, 0) is 141 Å². The minimum Gasteiger partial charge on any atom is -0.409 e. The third-order valence-corrected chi connectivity index (χ3v) is 13.7. The lowest BCUT2D eigenvalue weighted by molar-refractivity contribution is -0.166. The Morgan fingerprint density at radius 2 is 1.04 bits per heavy atom. The van der Waals surface area contributed by atoms with Crippen molar-refractivity contribution in [3.63, 3.8) is 0 Å². The Balaban J connectivity index is 0.000000192. The highest BCUT2D eigenvalue weighted by Gasteiger charge is 2.68. The van der Waals surface area contributed by atoms with Crippen LogP contribution in [0.15, 0.2) is 101 Å². The first-order valence-electron chi connectivity index (χ1n) is 25.5. The summed E-state index contributed by atoms with van der Waals surface area (Å²) in [6.45, 7) is 12.2. The highest BCUT2D eigenvalue weighted by atomic mass is 32.1. The van der Waals surface area contributed by atoms with Gasteiger partial charge in [0.25, 0.3) is 0 Å². The largest absolute Gasteiger partial charge is 0.409 e. The molecule has 0 radical (unpaired) electrons. The van der Waals surface area contributed by atoms with Gasteiger partial charge in [-0.3, -0.25) is 15.0 Å². The average Bonchev–Trinajstić information content (AvgIpc) is 2.26. The van der Waals surface area contributed by atoms with Crippen LogP contribution in [-0.2, 0) is 80.5 Å². The summed E-state index contributed by atoms with van der Waals surface area (Å²) in [6, 6.07) is 26.3. The highest BCUT2D eigenvalue weighted by Crippen LogP contribution is 2.58. The van der Waals surface area contributed by atoms with Crippen molar-refractivity contribution in [2.75, 3.05) is 0 Å². The molecule has 1 aliphatic carbocycles.